The zero-order valence-corrected chi connectivity index (χ0v) is 10.8. The summed E-state index contributed by atoms with van der Waals surface area (Å²) >= 11 is 0. The molecule has 0 spiro atoms. The molecule has 0 aliphatic rings. The van der Waals surface area contributed by atoms with Crippen LogP contribution in [0.25, 0.3) is 0 Å². The second kappa shape index (κ2) is 7.74. The summed E-state index contributed by atoms with van der Waals surface area (Å²) in [5, 5.41) is 0. The Morgan fingerprint density at radius 3 is 2.44 bits per heavy atom. The van der Waals surface area contributed by atoms with E-state index in [4.69, 9.17) is 4.74 Å². The third-order valence-electron chi connectivity index (χ3n) is 1.78. The summed E-state index contributed by atoms with van der Waals surface area (Å²) < 4.78 is 5.28. The van der Waals surface area contributed by atoms with Crippen LogP contribution < -0.4 is 9.64 Å². The first kappa shape index (κ1) is 14.5. The van der Waals surface area contributed by atoms with Crippen LogP contribution >= 0.6 is 0 Å². The second-order valence-corrected chi connectivity index (χ2v) is 3.38. The number of nitrogens with zero attached hydrogens (tertiary/aromatic N) is 1. The van der Waals surface area contributed by atoms with Gasteiger partial charge < -0.3 is 9.64 Å². The molecule has 0 bridgehead atoms. The van der Waals surface area contributed by atoms with Crippen LogP contribution in [0.1, 0.15) is 20.8 Å². The maximum Gasteiger partial charge on any atom is 0.167 e. The van der Waals surface area contributed by atoms with E-state index in [1.165, 1.54) is 6.92 Å². The maximum absolute atomic E-state index is 10.7. The number of hydrogen-bond acceptors (Lipinski definition) is 3. The molecule has 3 heteroatoms. The van der Waals surface area contributed by atoms with Crippen LogP contribution in [-0.2, 0) is 4.79 Å². The molecule has 0 amide bonds. The molecule has 1 aromatic rings. The standard InChI is InChI=1S/C11H15NO2.C2H6/c1-9(13)8-14-11-6-4-5-10(7-11)12(2)3;1-2/h4-7H,8H2,1-3H3;1-2H3. The van der Waals surface area contributed by atoms with E-state index < -0.39 is 0 Å². The van der Waals surface area contributed by atoms with Crippen molar-refractivity contribution in [2.24, 2.45) is 0 Å². The fourth-order valence-corrected chi connectivity index (χ4v) is 1.04. The molecule has 0 unspecified atom stereocenters. The Morgan fingerprint density at radius 1 is 1.31 bits per heavy atom. The van der Waals surface area contributed by atoms with E-state index in [2.05, 4.69) is 0 Å². The number of benzene rings is 1. The van der Waals surface area contributed by atoms with Gasteiger partial charge in [-0.05, 0) is 19.1 Å². The first-order valence-corrected chi connectivity index (χ1v) is 5.49. The van der Waals surface area contributed by atoms with Crippen molar-refractivity contribution in [2.75, 3.05) is 25.6 Å². The minimum atomic E-state index is 0.0280. The fraction of sp³-hybridized carbons (Fsp3) is 0.462. The van der Waals surface area contributed by atoms with Crippen molar-refractivity contribution in [3.05, 3.63) is 24.3 Å². The van der Waals surface area contributed by atoms with Gasteiger partial charge >= 0.3 is 0 Å². The monoisotopic (exact) mass is 223 g/mol. The van der Waals surface area contributed by atoms with Crippen molar-refractivity contribution in [3.8, 4) is 5.75 Å². The fourth-order valence-electron chi connectivity index (χ4n) is 1.04. The van der Waals surface area contributed by atoms with Gasteiger partial charge in [-0.15, -0.1) is 0 Å². The van der Waals surface area contributed by atoms with Crippen molar-refractivity contribution in [2.45, 2.75) is 20.8 Å². The number of ether oxygens (including phenoxy) is 1. The van der Waals surface area contributed by atoms with Crippen molar-refractivity contribution >= 4 is 11.5 Å². The van der Waals surface area contributed by atoms with E-state index in [1.807, 2.05) is 57.1 Å². The van der Waals surface area contributed by atoms with Crippen LogP contribution in [0, 0.1) is 0 Å². The summed E-state index contributed by atoms with van der Waals surface area (Å²) in [4.78, 5) is 12.7. The van der Waals surface area contributed by atoms with E-state index in [0.717, 1.165) is 11.4 Å². The second-order valence-electron chi connectivity index (χ2n) is 3.38. The molecule has 90 valence electrons. The number of hydrogen-bond donors (Lipinski definition) is 0. The van der Waals surface area contributed by atoms with Crippen molar-refractivity contribution < 1.29 is 9.53 Å². The lowest BCUT2D eigenvalue weighted by atomic mass is 10.3. The lowest BCUT2D eigenvalue weighted by Gasteiger charge is -2.13. The zero-order chi connectivity index (χ0) is 12.6. The van der Waals surface area contributed by atoms with E-state index >= 15 is 0 Å². The maximum atomic E-state index is 10.7. The molecule has 16 heavy (non-hydrogen) atoms. The van der Waals surface area contributed by atoms with Gasteiger partial charge in [-0.3, -0.25) is 4.79 Å². The first-order chi connectivity index (χ1) is 7.59. The van der Waals surface area contributed by atoms with Gasteiger partial charge in [0.2, 0.25) is 0 Å². The molecule has 0 aromatic heterocycles. The Morgan fingerprint density at radius 2 is 1.94 bits per heavy atom. The molecule has 1 aromatic carbocycles. The average Bonchev–Trinajstić information content (AvgIpc) is 2.29. The smallest absolute Gasteiger partial charge is 0.167 e. The highest BCUT2D eigenvalue weighted by molar-refractivity contribution is 5.77. The highest BCUT2D eigenvalue weighted by atomic mass is 16.5. The number of carbonyl (C=O) groups is 1. The molecule has 0 radical (unpaired) electrons. The third-order valence-corrected chi connectivity index (χ3v) is 1.78. The number of carbonyl (C=O) groups excluding carboxylic acids is 1. The average molecular weight is 223 g/mol. The molecule has 0 fully saturated rings. The first-order valence-electron chi connectivity index (χ1n) is 5.49. The molecule has 0 saturated heterocycles. The molecule has 1 rings (SSSR count). The van der Waals surface area contributed by atoms with Crippen LogP contribution in [0.2, 0.25) is 0 Å². The summed E-state index contributed by atoms with van der Waals surface area (Å²) in [6.07, 6.45) is 0. The highest BCUT2D eigenvalue weighted by Crippen LogP contribution is 2.18. The molecule has 0 atom stereocenters. The van der Waals surface area contributed by atoms with E-state index in [1.54, 1.807) is 0 Å². The number of rotatable bonds is 4. The lowest BCUT2D eigenvalue weighted by molar-refractivity contribution is -0.118. The predicted molar refractivity (Wildman–Crippen MR) is 68.3 cm³/mol. The van der Waals surface area contributed by atoms with Gasteiger partial charge in [-0.1, -0.05) is 19.9 Å². The number of Topliss-reactive ketones (excluding diaryl/α,β-unsaturated/α-hetero) is 1. The number of ketones is 1. The summed E-state index contributed by atoms with van der Waals surface area (Å²) in [5.74, 6) is 0.756. The van der Waals surface area contributed by atoms with Gasteiger partial charge in [0.1, 0.15) is 12.4 Å². The topological polar surface area (TPSA) is 29.5 Å². The Balaban J connectivity index is 0.00000106. The summed E-state index contributed by atoms with van der Waals surface area (Å²) in [7, 11) is 3.92. The van der Waals surface area contributed by atoms with Crippen LogP contribution in [0.3, 0.4) is 0 Å². The van der Waals surface area contributed by atoms with Gasteiger partial charge in [0.25, 0.3) is 0 Å². The van der Waals surface area contributed by atoms with Gasteiger partial charge in [0.15, 0.2) is 5.78 Å². The van der Waals surface area contributed by atoms with E-state index in [-0.39, 0.29) is 12.4 Å². The van der Waals surface area contributed by atoms with Gasteiger partial charge in [-0.25, -0.2) is 0 Å². The Hall–Kier alpha value is -1.51. The molecule has 0 aliphatic carbocycles. The molecular formula is C13H21NO2. The van der Waals surface area contributed by atoms with E-state index in [0.29, 0.717) is 0 Å². The molecule has 0 N–H and O–H groups in total. The summed E-state index contributed by atoms with van der Waals surface area (Å²) in [6, 6.07) is 7.64. The number of anilines is 1. The molecule has 3 nitrogen and oxygen atoms in total. The van der Waals surface area contributed by atoms with Gasteiger partial charge in [-0.2, -0.15) is 0 Å². The van der Waals surface area contributed by atoms with Gasteiger partial charge in [0, 0.05) is 25.8 Å². The molecule has 0 aliphatic heterocycles. The normalized spacial score (nSPS) is 8.81. The predicted octanol–water partition coefficient (Wildman–Crippen LogP) is 2.75. The largest absolute Gasteiger partial charge is 0.486 e. The van der Waals surface area contributed by atoms with Crippen molar-refractivity contribution in [3.63, 3.8) is 0 Å². The summed E-state index contributed by atoms with van der Waals surface area (Å²) in [6.45, 7) is 5.65. The highest BCUT2D eigenvalue weighted by Gasteiger charge is 1.99. The van der Waals surface area contributed by atoms with E-state index in [9.17, 15) is 4.79 Å². The van der Waals surface area contributed by atoms with Crippen LogP contribution in [0.4, 0.5) is 5.69 Å². The molecule has 0 saturated carbocycles. The van der Waals surface area contributed by atoms with Crippen LogP contribution in [-0.4, -0.2) is 26.5 Å². The Bertz CT molecular complexity index is 321. The van der Waals surface area contributed by atoms with Crippen LogP contribution in [0.5, 0.6) is 5.75 Å². The third kappa shape index (κ3) is 5.39. The minimum absolute atomic E-state index is 0.0280. The minimum Gasteiger partial charge on any atom is -0.486 e. The van der Waals surface area contributed by atoms with Crippen molar-refractivity contribution in [1.29, 1.82) is 0 Å². The molecular weight excluding hydrogens is 202 g/mol. The Labute approximate surface area is 98.0 Å². The SMILES string of the molecule is CC.CC(=O)COc1cccc(N(C)C)c1. The van der Waals surface area contributed by atoms with Gasteiger partial charge in [0.05, 0.1) is 0 Å². The molecule has 0 heterocycles. The zero-order valence-electron chi connectivity index (χ0n) is 10.8. The summed E-state index contributed by atoms with van der Waals surface area (Å²) in [5.41, 5.74) is 1.06. The van der Waals surface area contributed by atoms with Crippen molar-refractivity contribution in [1.82, 2.24) is 0 Å². The Kier molecular flexibility index (Phi) is 7.01. The van der Waals surface area contributed by atoms with Crippen LogP contribution in [0.15, 0.2) is 24.3 Å². The lowest BCUT2D eigenvalue weighted by Crippen LogP contribution is -2.10. The quantitative estimate of drug-likeness (QED) is 0.786.